The van der Waals surface area contributed by atoms with Gasteiger partial charge in [0.15, 0.2) is 0 Å². The molecule has 0 radical (unpaired) electrons. The van der Waals surface area contributed by atoms with Crippen LogP contribution in [0.15, 0.2) is 21.9 Å². The Morgan fingerprint density at radius 2 is 2.15 bits per heavy atom. The van der Waals surface area contributed by atoms with E-state index in [1.54, 1.807) is 6.92 Å². The summed E-state index contributed by atoms with van der Waals surface area (Å²) in [4.78, 5) is 11.2. The van der Waals surface area contributed by atoms with Gasteiger partial charge in [-0.15, -0.1) is 12.6 Å². The van der Waals surface area contributed by atoms with Crippen LogP contribution in [-0.2, 0) is 16.0 Å². The molecule has 1 aromatic rings. The molecule has 1 rings (SSSR count). The zero-order valence-corrected chi connectivity index (χ0v) is 12.0. The van der Waals surface area contributed by atoms with Crippen molar-refractivity contribution in [1.82, 2.24) is 0 Å². The molecule has 0 heterocycles. The first kappa shape index (κ1) is 16.7. The van der Waals surface area contributed by atoms with Gasteiger partial charge in [-0.05, 0) is 36.4 Å². The smallest absolute Gasteiger partial charge is 0.446 e. The highest BCUT2D eigenvalue weighted by molar-refractivity contribution is 8.00. The Bertz CT molecular complexity index is 553. The van der Waals surface area contributed by atoms with Crippen molar-refractivity contribution in [1.29, 1.82) is 5.26 Å². The third-order valence-electron chi connectivity index (χ3n) is 2.13. The maximum absolute atomic E-state index is 12.5. The second-order valence-corrected chi connectivity index (χ2v) is 5.18. The number of halogens is 3. The number of ether oxygens (including phenoxy) is 1. The van der Waals surface area contributed by atoms with Crippen LogP contribution in [-0.4, -0.2) is 18.1 Å². The summed E-state index contributed by atoms with van der Waals surface area (Å²) in [5.41, 5.74) is -4.29. The third kappa shape index (κ3) is 4.98. The SMILES string of the molecule is CCOC(=O)Cc1cc(C#N)cc(S)c1SC(F)(F)F. The van der Waals surface area contributed by atoms with E-state index in [1.165, 1.54) is 12.1 Å². The maximum Gasteiger partial charge on any atom is 0.446 e. The monoisotopic (exact) mass is 321 g/mol. The first-order chi connectivity index (χ1) is 9.26. The Hall–Kier alpha value is -1.33. The molecule has 1 aromatic carbocycles. The lowest BCUT2D eigenvalue weighted by Crippen LogP contribution is -2.10. The summed E-state index contributed by atoms with van der Waals surface area (Å²) in [5.74, 6) is -0.653. The Balaban J connectivity index is 3.19. The number of esters is 1. The van der Waals surface area contributed by atoms with Gasteiger partial charge >= 0.3 is 11.5 Å². The summed E-state index contributed by atoms with van der Waals surface area (Å²) in [6.07, 6.45) is -0.338. The standard InChI is InChI=1S/C12H10F3NO2S2/c1-2-18-10(17)5-8-3-7(6-16)4-9(19)11(8)20-12(13,14)15/h3-4,19H,2,5H2,1H3. The molecule has 0 bridgehead atoms. The van der Waals surface area contributed by atoms with Crippen molar-refractivity contribution in [3.05, 3.63) is 23.3 Å². The van der Waals surface area contributed by atoms with E-state index in [1.807, 2.05) is 6.07 Å². The van der Waals surface area contributed by atoms with E-state index in [9.17, 15) is 18.0 Å². The third-order valence-corrected chi connectivity index (χ3v) is 3.55. The average Bonchev–Trinajstić information content (AvgIpc) is 2.32. The van der Waals surface area contributed by atoms with E-state index in [0.29, 0.717) is 0 Å². The van der Waals surface area contributed by atoms with E-state index in [4.69, 9.17) is 10.00 Å². The van der Waals surface area contributed by atoms with Gasteiger partial charge in [0.05, 0.1) is 24.7 Å². The van der Waals surface area contributed by atoms with Crippen LogP contribution in [0.3, 0.4) is 0 Å². The highest BCUT2D eigenvalue weighted by atomic mass is 32.2. The van der Waals surface area contributed by atoms with Gasteiger partial charge in [0.1, 0.15) is 0 Å². The molecule has 0 unspecified atom stereocenters. The molecule has 0 saturated carbocycles. The van der Waals surface area contributed by atoms with Gasteiger partial charge < -0.3 is 4.74 Å². The van der Waals surface area contributed by atoms with E-state index in [-0.39, 0.29) is 45.7 Å². The van der Waals surface area contributed by atoms with Gasteiger partial charge in [0.2, 0.25) is 0 Å². The van der Waals surface area contributed by atoms with E-state index in [2.05, 4.69) is 12.6 Å². The minimum atomic E-state index is -4.50. The van der Waals surface area contributed by atoms with Gasteiger partial charge in [-0.3, -0.25) is 4.79 Å². The molecule has 0 aliphatic heterocycles. The Labute approximate surface area is 123 Å². The van der Waals surface area contributed by atoms with Crippen LogP contribution in [0.5, 0.6) is 0 Å². The fourth-order valence-corrected chi connectivity index (χ4v) is 2.55. The number of thioether (sulfide) groups is 1. The molecule has 0 atom stereocenters. The summed E-state index contributed by atoms with van der Waals surface area (Å²) < 4.78 is 42.3. The summed E-state index contributed by atoms with van der Waals surface area (Å²) in [6.45, 7) is 1.73. The van der Waals surface area contributed by atoms with Crippen LogP contribution in [0.4, 0.5) is 13.2 Å². The molecule has 0 N–H and O–H groups in total. The number of benzene rings is 1. The number of carbonyl (C=O) groups excluding carboxylic acids is 1. The van der Waals surface area contributed by atoms with Crippen molar-refractivity contribution in [2.75, 3.05) is 6.61 Å². The molecule has 20 heavy (non-hydrogen) atoms. The average molecular weight is 321 g/mol. The Morgan fingerprint density at radius 3 is 2.65 bits per heavy atom. The lowest BCUT2D eigenvalue weighted by Gasteiger charge is -2.13. The van der Waals surface area contributed by atoms with Crippen molar-refractivity contribution < 1.29 is 22.7 Å². The van der Waals surface area contributed by atoms with Gasteiger partial charge in [-0.2, -0.15) is 18.4 Å². The maximum atomic E-state index is 12.5. The number of hydrogen-bond donors (Lipinski definition) is 1. The van der Waals surface area contributed by atoms with Crippen molar-refractivity contribution in [2.45, 2.75) is 28.6 Å². The molecule has 0 spiro atoms. The van der Waals surface area contributed by atoms with Crippen LogP contribution in [0.2, 0.25) is 0 Å². The summed E-state index contributed by atoms with van der Waals surface area (Å²) in [7, 11) is 0. The minimum absolute atomic E-state index is 0.00525. The molecule has 0 aliphatic rings. The lowest BCUT2D eigenvalue weighted by molar-refractivity contribution is -0.142. The molecule has 0 aliphatic carbocycles. The molecular weight excluding hydrogens is 311 g/mol. The van der Waals surface area contributed by atoms with Gasteiger partial charge in [0, 0.05) is 9.79 Å². The molecule has 8 heteroatoms. The van der Waals surface area contributed by atoms with Gasteiger partial charge in [-0.1, -0.05) is 0 Å². The number of carbonyl (C=O) groups is 1. The topological polar surface area (TPSA) is 50.1 Å². The van der Waals surface area contributed by atoms with Crippen molar-refractivity contribution in [3.8, 4) is 6.07 Å². The quantitative estimate of drug-likeness (QED) is 0.523. The second-order valence-electron chi connectivity index (χ2n) is 3.63. The van der Waals surface area contributed by atoms with E-state index >= 15 is 0 Å². The normalized spacial score (nSPS) is 11.0. The molecule has 3 nitrogen and oxygen atoms in total. The number of alkyl halides is 3. The van der Waals surface area contributed by atoms with Crippen molar-refractivity contribution in [2.24, 2.45) is 0 Å². The van der Waals surface area contributed by atoms with Gasteiger partial charge in [0.25, 0.3) is 0 Å². The predicted octanol–water partition coefficient (Wildman–Crippen LogP) is 3.56. The fourth-order valence-electron chi connectivity index (χ4n) is 1.47. The zero-order chi connectivity index (χ0) is 15.3. The second kappa shape index (κ2) is 6.90. The van der Waals surface area contributed by atoms with Crippen LogP contribution in [0, 0.1) is 11.3 Å². The zero-order valence-electron chi connectivity index (χ0n) is 10.3. The first-order valence-electron chi connectivity index (χ1n) is 5.44. The molecule has 0 saturated heterocycles. The molecule has 0 aromatic heterocycles. The number of nitrogens with zero attached hydrogens (tertiary/aromatic N) is 1. The first-order valence-corrected chi connectivity index (χ1v) is 6.70. The molecule has 108 valence electrons. The summed E-state index contributed by atoms with van der Waals surface area (Å²) in [5, 5.41) is 8.82. The number of nitriles is 1. The minimum Gasteiger partial charge on any atom is -0.466 e. The Kier molecular flexibility index (Phi) is 5.77. The predicted molar refractivity (Wildman–Crippen MR) is 70.7 cm³/mol. The molecular formula is C12H10F3NO2S2. The highest BCUT2D eigenvalue weighted by Gasteiger charge is 2.32. The van der Waals surface area contributed by atoms with Crippen molar-refractivity contribution >= 4 is 30.4 Å². The van der Waals surface area contributed by atoms with Crippen LogP contribution >= 0.6 is 24.4 Å². The summed E-state index contributed by atoms with van der Waals surface area (Å²) in [6, 6.07) is 4.28. The van der Waals surface area contributed by atoms with E-state index < -0.39 is 11.5 Å². The largest absolute Gasteiger partial charge is 0.466 e. The molecule has 0 amide bonds. The van der Waals surface area contributed by atoms with Crippen molar-refractivity contribution in [3.63, 3.8) is 0 Å². The Morgan fingerprint density at radius 1 is 1.50 bits per heavy atom. The summed E-state index contributed by atoms with van der Waals surface area (Å²) >= 11 is 3.59. The molecule has 0 fully saturated rings. The number of rotatable bonds is 4. The fraction of sp³-hybridized carbons (Fsp3) is 0.333. The van der Waals surface area contributed by atoms with Gasteiger partial charge in [-0.25, -0.2) is 0 Å². The van der Waals surface area contributed by atoms with Crippen LogP contribution < -0.4 is 0 Å². The van der Waals surface area contributed by atoms with Crippen LogP contribution in [0.25, 0.3) is 0 Å². The lowest BCUT2D eigenvalue weighted by atomic mass is 10.1. The van der Waals surface area contributed by atoms with E-state index in [0.717, 1.165) is 0 Å². The number of thiol groups is 1. The highest BCUT2D eigenvalue weighted by Crippen LogP contribution is 2.42. The van der Waals surface area contributed by atoms with Crippen LogP contribution in [0.1, 0.15) is 18.1 Å². The number of hydrogen-bond acceptors (Lipinski definition) is 5.